The van der Waals surface area contributed by atoms with Gasteiger partial charge in [-0.3, -0.25) is 44.2 Å². The lowest BCUT2D eigenvalue weighted by Gasteiger charge is -2.35. The molecule has 2 aliphatic rings. The predicted molar refractivity (Wildman–Crippen MR) is 364 cm³/mol. The summed E-state index contributed by atoms with van der Waals surface area (Å²) in [5.74, 6) is -4.37. The summed E-state index contributed by atoms with van der Waals surface area (Å²) in [5.41, 5.74) is 2.74. The van der Waals surface area contributed by atoms with Crippen molar-refractivity contribution in [3.8, 4) is 17.2 Å². The molecule has 0 radical (unpaired) electrons. The zero-order valence-electron chi connectivity index (χ0n) is 54.4. The summed E-state index contributed by atoms with van der Waals surface area (Å²) in [4.78, 5) is 112. The van der Waals surface area contributed by atoms with E-state index in [1.165, 1.54) is 6.07 Å². The maximum absolute atomic E-state index is 12.4. The number of carboxylic acids is 1. The van der Waals surface area contributed by atoms with Gasteiger partial charge in [-0.05, 0) is 99.8 Å². The number of carboxylic acid groups (broad SMARTS) is 1. The Balaban J connectivity index is 0.000000402. The van der Waals surface area contributed by atoms with Gasteiger partial charge in [-0.15, -0.1) is 16.7 Å². The fourth-order valence-corrected chi connectivity index (χ4v) is 10.5. The van der Waals surface area contributed by atoms with E-state index in [0.717, 1.165) is 58.1 Å². The van der Waals surface area contributed by atoms with Gasteiger partial charge in [0.05, 0.1) is 98.9 Å². The lowest BCUT2D eigenvalue weighted by Crippen LogP contribution is -2.47. The van der Waals surface area contributed by atoms with E-state index in [1.54, 1.807) is 23.0 Å². The fraction of sp³-hybridized carbons (Fsp3) is 0.475. The largest absolute Gasteiger partial charge is 0.778 e. The third-order valence-corrected chi connectivity index (χ3v) is 15.6. The molecule has 0 spiro atoms. The number of fused-ring (bicyclic) bond motifs is 1. The number of halogens is 5. The van der Waals surface area contributed by atoms with Crippen LogP contribution in [0.5, 0.6) is 11.5 Å². The Morgan fingerprint density at radius 1 is 0.957 bits per heavy atom. The maximum atomic E-state index is 12.4. The van der Waals surface area contributed by atoms with Gasteiger partial charge in [0.25, 0.3) is 11.6 Å². The van der Waals surface area contributed by atoms with Crippen molar-refractivity contribution in [1.82, 2.24) is 15.1 Å². The van der Waals surface area contributed by atoms with Crippen LogP contribution in [0.15, 0.2) is 86.9 Å². The lowest BCUT2D eigenvalue weighted by molar-refractivity contribution is -0.385. The molecule has 3 unspecified atom stereocenters. The summed E-state index contributed by atoms with van der Waals surface area (Å²) >= 11 is 29.3. The summed E-state index contributed by atoms with van der Waals surface area (Å²) in [6.07, 6.45) is 8.06. The van der Waals surface area contributed by atoms with Crippen LogP contribution >= 0.6 is 65.6 Å². The molecule has 520 valence electrons. The molecule has 94 heavy (non-hydrogen) atoms. The number of Topliss-reactive ketones (excluding diaryl/α,β-unsaturated/α-hetero) is 3. The minimum absolute atomic E-state index is 0.0223. The van der Waals surface area contributed by atoms with Crippen LogP contribution in [0.4, 0.5) is 17.1 Å². The number of hydrogen-bond donors (Lipinski definition) is 3. The van der Waals surface area contributed by atoms with Crippen molar-refractivity contribution < 1.29 is 80.2 Å². The van der Waals surface area contributed by atoms with E-state index in [1.807, 2.05) is 97.1 Å². The second-order valence-corrected chi connectivity index (χ2v) is 30.9. The van der Waals surface area contributed by atoms with Gasteiger partial charge < -0.3 is 47.9 Å². The molecule has 3 atom stereocenters. The first-order chi connectivity index (χ1) is 43.5. The molecule has 33 heteroatoms. The summed E-state index contributed by atoms with van der Waals surface area (Å²) in [6, 6.07) is 19.2. The summed E-state index contributed by atoms with van der Waals surface area (Å²) in [6.45, 7) is 17.9. The molecule has 4 aromatic carbocycles. The lowest BCUT2D eigenvalue weighted by atomic mass is 9.81. The summed E-state index contributed by atoms with van der Waals surface area (Å²) < 4.78 is 55.5. The normalized spacial score (nSPS) is 14.7. The van der Waals surface area contributed by atoms with Gasteiger partial charge in [-0.1, -0.05) is 104 Å². The van der Waals surface area contributed by atoms with Crippen LogP contribution in [0.1, 0.15) is 102 Å². The maximum Gasteiger partial charge on any atom is 0.442 e. The van der Waals surface area contributed by atoms with Crippen molar-refractivity contribution >= 4 is 139 Å². The molecule has 7 rings (SSSR count). The number of rotatable bonds is 18. The van der Waals surface area contributed by atoms with Crippen LogP contribution in [0.25, 0.3) is 5.69 Å². The summed E-state index contributed by atoms with van der Waals surface area (Å²) in [7, 11) is -5.77. The smallest absolute Gasteiger partial charge is 0.442 e. The van der Waals surface area contributed by atoms with Gasteiger partial charge in [-0.25, -0.2) is 13.2 Å². The summed E-state index contributed by atoms with van der Waals surface area (Å²) in [5, 5.41) is 26.0. The number of aliphatic carboxylic acids is 1. The molecule has 0 saturated heterocycles. The molecule has 1 aliphatic heterocycles. The number of methoxy groups -OCH3 is 1. The van der Waals surface area contributed by atoms with Crippen molar-refractivity contribution in [3.05, 3.63) is 126 Å². The molecular formula is C61H80Cl5N6O19PS2. The van der Waals surface area contributed by atoms with E-state index in [-0.39, 0.29) is 64.1 Å². The molecule has 3 N–H and O–H groups in total. The average Bonchev–Trinajstić information content (AvgIpc) is 1.22. The number of nitrogens with zero attached hydrogens (tertiary/aromatic N) is 5. The van der Waals surface area contributed by atoms with Crippen LogP contribution in [0.2, 0.25) is 10.0 Å². The van der Waals surface area contributed by atoms with Crippen LogP contribution < -0.4 is 35.2 Å². The number of nitrogens with one attached hydrogen (secondary N) is 1. The number of ketones is 3. The number of aryl methyl sites for hydroxylation is 2. The first-order valence-electron chi connectivity index (χ1n) is 28.6. The number of alkyl halides is 3. The van der Waals surface area contributed by atoms with Gasteiger partial charge in [0.2, 0.25) is 11.8 Å². The molecule has 0 bridgehead atoms. The number of ether oxygens (including phenoxy) is 3. The quantitative estimate of drug-likeness (QED) is 0.0140. The first kappa shape index (κ1) is 84.1. The third kappa shape index (κ3) is 26.6. The molecule has 2 amide bonds. The van der Waals surface area contributed by atoms with Gasteiger partial charge in [0.15, 0.2) is 32.0 Å². The molecule has 1 saturated carbocycles. The Morgan fingerprint density at radius 2 is 1.55 bits per heavy atom. The average molecular weight is 1470 g/mol. The zero-order valence-corrected chi connectivity index (χ0v) is 60.7. The topological polar surface area (TPSA) is 355 Å². The van der Waals surface area contributed by atoms with Crippen molar-refractivity contribution in [2.75, 3.05) is 73.9 Å². The molecular weight excluding hydrogens is 1390 g/mol. The van der Waals surface area contributed by atoms with Crippen molar-refractivity contribution in [1.29, 1.82) is 0 Å². The fourth-order valence-electron chi connectivity index (χ4n) is 8.58. The van der Waals surface area contributed by atoms with E-state index in [9.17, 15) is 61.6 Å². The van der Waals surface area contributed by atoms with E-state index in [4.69, 9.17) is 86.6 Å². The van der Waals surface area contributed by atoms with E-state index in [0.29, 0.717) is 58.6 Å². The monoisotopic (exact) mass is 1470 g/mol. The second-order valence-electron chi connectivity index (χ2n) is 22.6. The van der Waals surface area contributed by atoms with Crippen molar-refractivity contribution in [2.24, 2.45) is 5.92 Å². The SMILES string of the molecule is CC(C)Oc1cc(-n2nc(C(C)(C)C)oc2=O)c(Cl)cc1Cl.CC1COc2ccccc2N1C(=O)C(Cl)Cl.CCc1cccc(C)c1N(C(=O)CCl)C(C)COC.CS(=O)(=O)c1ccc(C(=O)C2C(=O)CCCC2=O)c([N+](=O)[O-])c1.C[S+](C)C.O=C(O)CNCP(=O)([O-])O. The highest BCUT2D eigenvalue weighted by Crippen LogP contribution is 2.37. The van der Waals surface area contributed by atoms with Gasteiger partial charge >= 0.3 is 11.7 Å². The molecule has 1 fully saturated rings. The minimum Gasteiger partial charge on any atom is -0.778 e. The van der Waals surface area contributed by atoms with Crippen LogP contribution in [-0.4, -0.2) is 155 Å². The highest BCUT2D eigenvalue weighted by molar-refractivity contribution is 7.94. The number of hydrogen-bond acceptors (Lipinski definition) is 19. The molecule has 25 nitrogen and oxygen atoms in total. The van der Waals surface area contributed by atoms with Crippen LogP contribution in [0.3, 0.4) is 0 Å². The Labute approximate surface area is 574 Å². The highest BCUT2D eigenvalue weighted by Gasteiger charge is 2.39. The van der Waals surface area contributed by atoms with E-state index < -0.39 is 86.3 Å². The Kier molecular flexibility index (Phi) is 34.7. The second kappa shape index (κ2) is 38.7. The van der Waals surface area contributed by atoms with E-state index in [2.05, 4.69) is 36.9 Å². The number of nitro groups is 1. The number of aromatic nitrogens is 2. The first-order valence-corrected chi connectivity index (χ1v) is 36.9. The number of anilines is 2. The number of nitro benzene ring substituents is 1. The molecule has 5 aromatic rings. The van der Waals surface area contributed by atoms with Crippen molar-refractivity contribution in [2.45, 2.75) is 121 Å². The molecule has 1 aromatic heterocycles. The van der Waals surface area contributed by atoms with Gasteiger partial charge in [0, 0.05) is 43.8 Å². The van der Waals surface area contributed by atoms with Gasteiger partial charge in [-0.2, -0.15) is 4.68 Å². The molecule has 1 aliphatic carbocycles. The Bertz CT molecular complexity index is 3650. The van der Waals surface area contributed by atoms with E-state index >= 15 is 0 Å². The number of sulfone groups is 1. The highest BCUT2D eigenvalue weighted by atomic mass is 35.5. The van der Waals surface area contributed by atoms with Crippen molar-refractivity contribution in [3.63, 3.8) is 0 Å². The molecule has 2 heterocycles. The number of para-hydroxylation sites is 3. The Hall–Kier alpha value is -5.94. The van der Waals surface area contributed by atoms with Crippen LogP contribution in [0, 0.1) is 23.0 Å². The standard InChI is InChI=1S/C15H18Cl2N2O3.C15H22ClNO2.C14H13NO7S.C11H11Cl2NO2.C3H8NO5P.C3H9S/c1-8(2)21-12-7-11(9(16)6-10(12)17)19-14(20)22-13(18-19)15(3,4)5;1-5-13-8-6-7-11(2)15(13)17(14(18)9-16)12(3)10-19-4;1-23(21,22)8-5-6-9(10(7-8)15(19)20)14(18)13-11(16)3-2-4-12(13)17;1-7-6-16-9-5-3-2-4-8(9)14(7)11(15)10(12)13;5-3(6)1-4-2-10(7,8)9;1-4(2)3/h6-8H,1-5H3;6-8,12H,5,9-10H2,1-4H3;5-7,13H,2-4H2,1H3;2-5,7,10H,6H2,1H3;4H,1-2H2,(H,5,6)(H2,7,8,9);1-3H3/q;;;;;+1/p-1. The number of benzene rings is 4. The minimum atomic E-state index is -4.35. The number of carbonyl (C=O) groups is 6. The zero-order chi connectivity index (χ0) is 71.9. The predicted octanol–water partition coefficient (Wildman–Crippen LogP) is 9.76. The number of carbonyl (C=O) groups excluding carboxylic acids is 5. The third-order valence-electron chi connectivity index (χ3n) is 12.6. The number of amides is 2. The van der Waals surface area contributed by atoms with Gasteiger partial charge in [0.1, 0.15) is 37.5 Å². The van der Waals surface area contributed by atoms with Crippen LogP contribution in [-0.2, 0) is 65.8 Å². The Morgan fingerprint density at radius 3 is 2.04 bits per heavy atom.